The van der Waals surface area contributed by atoms with Crippen LogP contribution in [0.4, 0.5) is 0 Å². The Labute approximate surface area is 93.6 Å². The molecule has 0 aromatic carbocycles. The fourth-order valence-corrected chi connectivity index (χ4v) is 1.90. The quantitative estimate of drug-likeness (QED) is 0.650. The Kier molecular flexibility index (Phi) is 2.33. The van der Waals surface area contributed by atoms with Gasteiger partial charge in [-0.05, 0) is 22.6 Å². The number of nitrogens with zero attached hydrogens (tertiary/aromatic N) is 1. The lowest BCUT2D eigenvalue weighted by Gasteiger charge is -2.01. The number of rotatable bonds is 1. The van der Waals surface area contributed by atoms with Crippen molar-refractivity contribution >= 4 is 45.2 Å². The van der Waals surface area contributed by atoms with Crippen molar-refractivity contribution in [3.8, 4) is 5.75 Å². The number of nitrogens with one attached hydrogen (secondary N) is 1. The molecule has 0 aliphatic rings. The monoisotopic (exact) mass is 308 g/mol. The van der Waals surface area contributed by atoms with Gasteiger partial charge in [0.05, 0.1) is 16.2 Å². The molecule has 1 N–H and O–H groups in total. The van der Waals surface area contributed by atoms with E-state index >= 15 is 0 Å². The van der Waals surface area contributed by atoms with E-state index in [1.165, 1.54) is 0 Å². The average molecular weight is 309 g/mol. The molecule has 3 nitrogen and oxygen atoms in total. The van der Waals surface area contributed by atoms with E-state index < -0.39 is 0 Å². The van der Waals surface area contributed by atoms with Gasteiger partial charge in [-0.15, -0.1) is 0 Å². The van der Waals surface area contributed by atoms with Gasteiger partial charge in [-0.1, -0.05) is 11.6 Å². The van der Waals surface area contributed by atoms with Gasteiger partial charge in [0.25, 0.3) is 0 Å². The molecule has 0 bridgehead atoms. The molecule has 68 valence electrons. The number of hydrogen-bond donors (Lipinski definition) is 1. The smallest absolute Gasteiger partial charge is 0.171 e. The first-order valence-electron chi connectivity index (χ1n) is 3.59. The van der Waals surface area contributed by atoms with Crippen molar-refractivity contribution in [3.05, 3.63) is 21.0 Å². The maximum atomic E-state index is 5.88. The first kappa shape index (κ1) is 9.08. The molecule has 0 amide bonds. The summed E-state index contributed by atoms with van der Waals surface area (Å²) in [5.74, 6) is 0.590. The number of pyridine rings is 1. The molecular formula is C8H6ClIN2O. The summed E-state index contributed by atoms with van der Waals surface area (Å²) in [6, 6.07) is 1.84. The topological polar surface area (TPSA) is 37.9 Å². The van der Waals surface area contributed by atoms with Crippen LogP contribution in [0, 0.1) is 3.57 Å². The summed E-state index contributed by atoms with van der Waals surface area (Å²) in [5.41, 5.74) is 1.82. The lowest BCUT2D eigenvalue weighted by atomic mass is 10.4. The summed E-state index contributed by atoms with van der Waals surface area (Å²) >= 11 is 8.08. The molecule has 0 aliphatic carbocycles. The zero-order valence-corrected chi connectivity index (χ0v) is 9.68. The highest BCUT2D eigenvalue weighted by Gasteiger charge is 2.08. The number of aromatic amines is 1. The number of hydrogen-bond acceptors (Lipinski definition) is 2. The highest BCUT2D eigenvalue weighted by atomic mass is 127. The third-order valence-corrected chi connectivity index (χ3v) is 2.84. The van der Waals surface area contributed by atoms with Crippen molar-refractivity contribution in [3.63, 3.8) is 0 Å². The van der Waals surface area contributed by atoms with Crippen LogP contribution in [0.5, 0.6) is 5.75 Å². The Morgan fingerprint density at radius 3 is 3.08 bits per heavy atom. The van der Waals surface area contributed by atoms with E-state index in [0.29, 0.717) is 10.9 Å². The van der Waals surface area contributed by atoms with Gasteiger partial charge < -0.3 is 9.72 Å². The fraction of sp³-hybridized carbons (Fsp3) is 0.125. The summed E-state index contributed by atoms with van der Waals surface area (Å²) in [6.45, 7) is 0. The SMILES string of the molecule is COc1cc2[nH]cc(I)c2nc1Cl. The number of halogens is 2. The average Bonchev–Trinajstić information content (AvgIpc) is 2.47. The first-order chi connectivity index (χ1) is 6.22. The molecule has 0 saturated heterocycles. The number of fused-ring (bicyclic) bond motifs is 1. The molecule has 0 atom stereocenters. The van der Waals surface area contributed by atoms with Crippen molar-refractivity contribution in [2.45, 2.75) is 0 Å². The van der Waals surface area contributed by atoms with Crippen LogP contribution in [0.15, 0.2) is 12.3 Å². The van der Waals surface area contributed by atoms with Gasteiger partial charge in [0.15, 0.2) is 10.9 Å². The van der Waals surface area contributed by atoms with Gasteiger partial charge in [0.2, 0.25) is 0 Å². The molecule has 0 saturated carbocycles. The van der Waals surface area contributed by atoms with Crippen LogP contribution in [-0.4, -0.2) is 17.1 Å². The molecule has 2 rings (SSSR count). The Bertz CT molecular complexity index is 455. The fourth-order valence-electron chi connectivity index (χ4n) is 1.12. The van der Waals surface area contributed by atoms with Gasteiger partial charge in [0, 0.05) is 12.3 Å². The third kappa shape index (κ3) is 1.48. The Morgan fingerprint density at radius 2 is 2.38 bits per heavy atom. The number of H-pyrrole nitrogens is 1. The second kappa shape index (κ2) is 3.34. The normalized spacial score (nSPS) is 10.7. The zero-order chi connectivity index (χ0) is 9.42. The van der Waals surface area contributed by atoms with Crippen LogP contribution in [0.25, 0.3) is 11.0 Å². The molecule has 0 unspecified atom stereocenters. The van der Waals surface area contributed by atoms with Crippen LogP contribution >= 0.6 is 34.2 Å². The summed E-state index contributed by atoms with van der Waals surface area (Å²) in [7, 11) is 1.57. The minimum Gasteiger partial charge on any atom is -0.493 e. The van der Waals surface area contributed by atoms with E-state index in [-0.39, 0.29) is 0 Å². The molecule has 0 radical (unpaired) electrons. The zero-order valence-electron chi connectivity index (χ0n) is 6.77. The molecule has 0 spiro atoms. The molecule has 2 heterocycles. The molecular weight excluding hydrogens is 302 g/mol. The van der Waals surface area contributed by atoms with E-state index in [0.717, 1.165) is 14.6 Å². The second-order valence-electron chi connectivity index (χ2n) is 2.51. The Morgan fingerprint density at radius 1 is 1.62 bits per heavy atom. The van der Waals surface area contributed by atoms with Gasteiger partial charge in [-0.2, -0.15) is 0 Å². The highest BCUT2D eigenvalue weighted by molar-refractivity contribution is 14.1. The highest BCUT2D eigenvalue weighted by Crippen LogP contribution is 2.28. The lowest BCUT2D eigenvalue weighted by Crippen LogP contribution is -1.87. The van der Waals surface area contributed by atoms with Crippen molar-refractivity contribution in [1.29, 1.82) is 0 Å². The first-order valence-corrected chi connectivity index (χ1v) is 5.05. The third-order valence-electron chi connectivity index (χ3n) is 1.74. The van der Waals surface area contributed by atoms with Crippen LogP contribution < -0.4 is 4.74 Å². The minimum absolute atomic E-state index is 0.396. The summed E-state index contributed by atoms with van der Waals surface area (Å²) in [6.07, 6.45) is 1.88. The molecule has 0 fully saturated rings. The second-order valence-corrected chi connectivity index (χ2v) is 4.03. The van der Waals surface area contributed by atoms with Crippen LogP contribution in [-0.2, 0) is 0 Å². The number of methoxy groups -OCH3 is 1. The molecule has 2 aromatic rings. The molecule has 5 heteroatoms. The van der Waals surface area contributed by atoms with Gasteiger partial charge >= 0.3 is 0 Å². The Hall–Kier alpha value is -0.490. The van der Waals surface area contributed by atoms with Crippen molar-refractivity contribution < 1.29 is 4.74 Å². The van der Waals surface area contributed by atoms with E-state index in [4.69, 9.17) is 16.3 Å². The maximum absolute atomic E-state index is 5.88. The maximum Gasteiger partial charge on any atom is 0.171 e. The van der Waals surface area contributed by atoms with Gasteiger partial charge in [-0.3, -0.25) is 0 Å². The number of aromatic nitrogens is 2. The van der Waals surface area contributed by atoms with Crippen LogP contribution in [0.2, 0.25) is 5.15 Å². The molecule has 13 heavy (non-hydrogen) atoms. The van der Waals surface area contributed by atoms with Gasteiger partial charge in [0.1, 0.15) is 5.52 Å². The predicted molar refractivity (Wildman–Crippen MR) is 60.4 cm³/mol. The standard InChI is InChI=1S/C8H6ClIN2O/c1-13-6-2-5-7(12-8(6)9)4(10)3-11-5/h2-3,11H,1H3. The van der Waals surface area contributed by atoms with Crippen molar-refractivity contribution in [2.75, 3.05) is 7.11 Å². The largest absolute Gasteiger partial charge is 0.493 e. The predicted octanol–water partition coefficient (Wildman–Crippen LogP) is 2.83. The van der Waals surface area contributed by atoms with Crippen molar-refractivity contribution in [1.82, 2.24) is 9.97 Å². The van der Waals surface area contributed by atoms with E-state index in [1.807, 2.05) is 12.3 Å². The summed E-state index contributed by atoms with van der Waals surface area (Å²) in [5, 5.41) is 0.396. The van der Waals surface area contributed by atoms with E-state index in [1.54, 1.807) is 7.11 Å². The Balaban J connectivity index is 2.76. The van der Waals surface area contributed by atoms with Crippen LogP contribution in [0.3, 0.4) is 0 Å². The lowest BCUT2D eigenvalue weighted by molar-refractivity contribution is 0.414. The van der Waals surface area contributed by atoms with Gasteiger partial charge in [-0.25, -0.2) is 4.98 Å². The van der Waals surface area contributed by atoms with E-state index in [9.17, 15) is 0 Å². The molecule has 0 aliphatic heterocycles. The summed E-state index contributed by atoms with van der Waals surface area (Å²) < 4.78 is 6.10. The number of ether oxygens (including phenoxy) is 1. The minimum atomic E-state index is 0.396. The van der Waals surface area contributed by atoms with Crippen LogP contribution in [0.1, 0.15) is 0 Å². The van der Waals surface area contributed by atoms with E-state index in [2.05, 4.69) is 32.6 Å². The van der Waals surface area contributed by atoms with Crippen molar-refractivity contribution in [2.24, 2.45) is 0 Å². The molecule has 2 aromatic heterocycles. The summed E-state index contributed by atoms with van der Waals surface area (Å²) in [4.78, 5) is 7.29.